The number of rotatable bonds is 7. The smallest absolute Gasteiger partial charge is 0.258 e. The van der Waals surface area contributed by atoms with Crippen LogP contribution in [-0.2, 0) is 18.9 Å². The van der Waals surface area contributed by atoms with Crippen molar-refractivity contribution in [1.29, 1.82) is 0 Å². The number of halogens is 1. The molecule has 3 aromatic heterocycles. The number of hydrogen-bond acceptors (Lipinski definition) is 7. The highest BCUT2D eigenvalue weighted by Gasteiger charge is 2.14. The topological polar surface area (TPSA) is 74.3 Å². The number of thioether (sulfide) groups is 1. The second-order valence-electron chi connectivity index (χ2n) is 6.73. The SMILES string of the molecule is CCn1c(COc2cc(C)c(Cl)c(C)c2)nnc1SCc1cc(=O)n2ccsc2n1. The molecule has 0 radical (unpaired) electrons. The first-order valence-electron chi connectivity index (χ1n) is 9.36. The zero-order valence-corrected chi connectivity index (χ0v) is 19.1. The van der Waals surface area contributed by atoms with Crippen LogP contribution in [0.4, 0.5) is 0 Å². The van der Waals surface area contributed by atoms with Crippen molar-refractivity contribution in [3.8, 4) is 5.75 Å². The number of ether oxygens (including phenoxy) is 1. The highest BCUT2D eigenvalue weighted by molar-refractivity contribution is 7.98. The Morgan fingerprint density at radius 3 is 2.70 bits per heavy atom. The molecule has 0 aliphatic heterocycles. The lowest BCUT2D eigenvalue weighted by Gasteiger charge is -2.11. The van der Waals surface area contributed by atoms with Crippen LogP contribution < -0.4 is 10.3 Å². The molecule has 0 atom stereocenters. The van der Waals surface area contributed by atoms with Gasteiger partial charge in [-0.05, 0) is 44.0 Å². The Kier molecular flexibility index (Phi) is 6.12. The van der Waals surface area contributed by atoms with Crippen LogP contribution in [0.2, 0.25) is 5.02 Å². The third-order valence-corrected chi connectivity index (χ3v) is 6.95. The molecule has 7 nitrogen and oxygen atoms in total. The summed E-state index contributed by atoms with van der Waals surface area (Å²) >= 11 is 9.17. The quantitative estimate of drug-likeness (QED) is 0.377. The van der Waals surface area contributed by atoms with Crippen molar-refractivity contribution in [2.75, 3.05) is 0 Å². The molecule has 0 bridgehead atoms. The number of nitrogens with zero attached hydrogens (tertiary/aromatic N) is 5. The molecule has 0 fully saturated rings. The van der Waals surface area contributed by atoms with Crippen LogP contribution in [0, 0.1) is 13.8 Å². The van der Waals surface area contributed by atoms with E-state index in [1.807, 2.05) is 42.9 Å². The summed E-state index contributed by atoms with van der Waals surface area (Å²) in [4.78, 5) is 17.4. The molecule has 0 amide bonds. The molecule has 4 rings (SSSR count). The van der Waals surface area contributed by atoms with Gasteiger partial charge in [0.25, 0.3) is 5.56 Å². The predicted octanol–water partition coefficient (Wildman–Crippen LogP) is 4.51. The summed E-state index contributed by atoms with van der Waals surface area (Å²) in [6, 6.07) is 5.40. The number of aromatic nitrogens is 5. The van der Waals surface area contributed by atoms with Crippen molar-refractivity contribution >= 4 is 39.7 Å². The number of thiazole rings is 1. The fourth-order valence-corrected chi connectivity index (χ4v) is 4.85. The van der Waals surface area contributed by atoms with Gasteiger partial charge in [-0.3, -0.25) is 9.20 Å². The molecule has 0 unspecified atom stereocenters. The van der Waals surface area contributed by atoms with Crippen LogP contribution in [0.25, 0.3) is 4.96 Å². The molecule has 0 aliphatic carbocycles. The van der Waals surface area contributed by atoms with Crippen molar-refractivity contribution in [2.24, 2.45) is 0 Å². The lowest BCUT2D eigenvalue weighted by molar-refractivity contribution is 0.288. The van der Waals surface area contributed by atoms with Crippen LogP contribution in [0.5, 0.6) is 5.75 Å². The number of benzene rings is 1. The normalized spacial score (nSPS) is 11.3. The first-order chi connectivity index (χ1) is 14.5. The Morgan fingerprint density at radius 1 is 1.20 bits per heavy atom. The summed E-state index contributed by atoms with van der Waals surface area (Å²) in [6.07, 6.45) is 1.73. The minimum absolute atomic E-state index is 0.0727. The van der Waals surface area contributed by atoms with Crippen molar-refractivity contribution in [2.45, 2.75) is 44.8 Å². The fraction of sp³-hybridized carbons (Fsp3) is 0.300. The molecule has 30 heavy (non-hydrogen) atoms. The number of hydrogen-bond donors (Lipinski definition) is 0. The lowest BCUT2D eigenvalue weighted by atomic mass is 10.1. The number of aryl methyl sites for hydroxylation is 2. The Balaban J connectivity index is 1.47. The van der Waals surface area contributed by atoms with Crippen LogP contribution >= 0.6 is 34.7 Å². The van der Waals surface area contributed by atoms with Crippen LogP contribution in [0.1, 0.15) is 29.6 Å². The average Bonchev–Trinajstić information content (AvgIpc) is 3.35. The molecule has 0 saturated heterocycles. The van der Waals surface area contributed by atoms with E-state index < -0.39 is 0 Å². The zero-order chi connectivity index (χ0) is 21.3. The van der Waals surface area contributed by atoms with Gasteiger partial charge in [0, 0.05) is 35.0 Å². The summed E-state index contributed by atoms with van der Waals surface area (Å²) in [7, 11) is 0. The minimum Gasteiger partial charge on any atom is -0.486 e. The van der Waals surface area contributed by atoms with Gasteiger partial charge < -0.3 is 9.30 Å². The van der Waals surface area contributed by atoms with Gasteiger partial charge in [-0.1, -0.05) is 23.4 Å². The van der Waals surface area contributed by atoms with Gasteiger partial charge in [0.15, 0.2) is 15.9 Å². The molecule has 10 heteroatoms. The maximum atomic E-state index is 12.2. The zero-order valence-electron chi connectivity index (χ0n) is 16.8. The number of fused-ring (bicyclic) bond motifs is 1. The fourth-order valence-electron chi connectivity index (χ4n) is 3.09. The first kappa shape index (κ1) is 20.9. The summed E-state index contributed by atoms with van der Waals surface area (Å²) in [5.41, 5.74) is 2.61. The standard InChI is InChI=1S/C20H20ClN5O2S2/c1-4-25-16(10-28-15-7-12(2)18(21)13(3)8-15)23-24-20(25)30-11-14-9-17(27)26-5-6-29-19(26)22-14/h5-9H,4,10-11H2,1-3H3. The van der Waals surface area contributed by atoms with E-state index in [4.69, 9.17) is 16.3 Å². The molecule has 3 heterocycles. The average molecular weight is 462 g/mol. The van der Waals surface area contributed by atoms with Crippen molar-refractivity contribution in [1.82, 2.24) is 24.1 Å². The Morgan fingerprint density at radius 2 is 1.97 bits per heavy atom. The van der Waals surface area contributed by atoms with Crippen molar-refractivity contribution in [3.05, 3.63) is 67.8 Å². The maximum Gasteiger partial charge on any atom is 0.258 e. The van der Waals surface area contributed by atoms with Crippen LogP contribution in [-0.4, -0.2) is 24.1 Å². The van der Waals surface area contributed by atoms with E-state index in [-0.39, 0.29) is 5.56 Å². The van der Waals surface area contributed by atoms with Crippen LogP contribution in [0.15, 0.2) is 39.7 Å². The summed E-state index contributed by atoms with van der Waals surface area (Å²) in [6.45, 7) is 6.98. The monoisotopic (exact) mass is 461 g/mol. The van der Waals surface area contributed by atoms with E-state index >= 15 is 0 Å². The summed E-state index contributed by atoms with van der Waals surface area (Å²) in [5, 5.41) is 12.0. The van der Waals surface area contributed by atoms with Gasteiger partial charge >= 0.3 is 0 Å². The van der Waals surface area contributed by atoms with Crippen molar-refractivity contribution in [3.63, 3.8) is 0 Å². The van der Waals surface area contributed by atoms with E-state index in [9.17, 15) is 4.79 Å². The summed E-state index contributed by atoms with van der Waals surface area (Å²) in [5.74, 6) is 2.04. The molecule has 0 aliphatic rings. The van der Waals surface area contributed by atoms with Gasteiger partial charge in [-0.2, -0.15) is 0 Å². The van der Waals surface area contributed by atoms with Gasteiger partial charge in [-0.25, -0.2) is 4.98 Å². The first-order valence-corrected chi connectivity index (χ1v) is 11.6. The molecule has 1 aromatic carbocycles. The molecule has 0 saturated carbocycles. The van der Waals surface area contributed by atoms with E-state index in [0.29, 0.717) is 23.9 Å². The highest BCUT2D eigenvalue weighted by Crippen LogP contribution is 2.27. The minimum atomic E-state index is -0.0727. The largest absolute Gasteiger partial charge is 0.486 e. The van der Waals surface area contributed by atoms with Gasteiger partial charge in [-0.15, -0.1) is 21.5 Å². The maximum absolute atomic E-state index is 12.2. The lowest BCUT2D eigenvalue weighted by Crippen LogP contribution is -2.12. The Labute approximate surface area is 186 Å². The molecule has 156 valence electrons. The van der Waals surface area contributed by atoms with E-state index in [0.717, 1.165) is 38.6 Å². The van der Waals surface area contributed by atoms with E-state index in [1.165, 1.54) is 23.1 Å². The Hall–Kier alpha value is -2.36. The second-order valence-corrected chi connectivity index (χ2v) is 8.93. The molecule has 4 aromatic rings. The third-order valence-electron chi connectivity index (χ3n) is 4.59. The van der Waals surface area contributed by atoms with Gasteiger partial charge in [0.2, 0.25) is 0 Å². The Bertz CT molecular complexity index is 1240. The van der Waals surface area contributed by atoms with Gasteiger partial charge in [0.1, 0.15) is 12.4 Å². The van der Waals surface area contributed by atoms with E-state index in [1.54, 1.807) is 16.7 Å². The molecular formula is C20H20ClN5O2S2. The third kappa shape index (κ3) is 4.23. The summed E-state index contributed by atoms with van der Waals surface area (Å²) < 4.78 is 9.49. The highest BCUT2D eigenvalue weighted by atomic mass is 35.5. The molecule has 0 N–H and O–H groups in total. The second kappa shape index (κ2) is 8.79. The molecular weight excluding hydrogens is 442 g/mol. The van der Waals surface area contributed by atoms with Gasteiger partial charge in [0.05, 0.1) is 5.69 Å². The predicted molar refractivity (Wildman–Crippen MR) is 120 cm³/mol. The van der Waals surface area contributed by atoms with Crippen molar-refractivity contribution < 1.29 is 4.74 Å². The van der Waals surface area contributed by atoms with Crippen LogP contribution in [0.3, 0.4) is 0 Å². The molecule has 0 spiro atoms. The van der Waals surface area contributed by atoms with E-state index in [2.05, 4.69) is 15.2 Å².